The largest absolute Gasteiger partial charge is 0.391 e. The number of hydrogen-bond acceptors (Lipinski definition) is 4. The van der Waals surface area contributed by atoms with Crippen molar-refractivity contribution in [2.24, 2.45) is 0 Å². The molecule has 2 bridgehead atoms. The molecule has 2 aromatic rings. The number of piperidine rings is 1. The molecule has 4 atom stereocenters. The van der Waals surface area contributed by atoms with Gasteiger partial charge in [-0.1, -0.05) is 48.5 Å². The van der Waals surface area contributed by atoms with Gasteiger partial charge in [-0.3, -0.25) is 4.90 Å². The Morgan fingerprint density at radius 3 is 2.28 bits per heavy atom. The van der Waals surface area contributed by atoms with Crippen LogP contribution in [-0.2, 0) is 16.4 Å². The zero-order chi connectivity index (χ0) is 17.4. The minimum atomic E-state index is -3.45. The summed E-state index contributed by atoms with van der Waals surface area (Å²) in [5, 5.41) is 10.1. The molecular weight excluding hydrogens is 334 g/mol. The van der Waals surface area contributed by atoms with Crippen molar-refractivity contribution in [1.29, 1.82) is 0 Å². The van der Waals surface area contributed by atoms with E-state index in [1.807, 2.05) is 24.3 Å². The molecule has 0 saturated carbocycles. The molecule has 1 unspecified atom stereocenters. The lowest BCUT2D eigenvalue weighted by molar-refractivity contribution is 0.0103. The van der Waals surface area contributed by atoms with Gasteiger partial charge in [0.25, 0.3) is 0 Å². The predicted molar refractivity (Wildman–Crippen MR) is 96.8 cm³/mol. The molecule has 2 heterocycles. The summed E-state index contributed by atoms with van der Waals surface area (Å²) in [6.07, 6.45) is 1.55. The molecule has 1 N–H and O–H groups in total. The van der Waals surface area contributed by atoms with Crippen molar-refractivity contribution in [1.82, 2.24) is 4.90 Å². The second-order valence-electron chi connectivity index (χ2n) is 7.08. The Labute approximate surface area is 149 Å². The van der Waals surface area contributed by atoms with E-state index in [1.165, 1.54) is 0 Å². The maximum Gasteiger partial charge on any atom is 0.182 e. The van der Waals surface area contributed by atoms with Gasteiger partial charge >= 0.3 is 0 Å². The first-order valence-electron chi connectivity index (χ1n) is 8.84. The van der Waals surface area contributed by atoms with Crippen LogP contribution in [0.1, 0.15) is 24.8 Å². The fourth-order valence-corrected chi connectivity index (χ4v) is 6.48. The zero-order valence-electron chi connectivity index (χ0n) is 14.0. The summed E-state index contributed by atoms with van der Waals surface area (Å²) in [7, 11) is -3.45. The Hall–Kier alpha value is -1.69. The van der Waals surface area contributed by atoms with E-state index in [1.54, 1.807) is 24.3 Å². The third-order valence-corrected chi connectivity index (χ3v) is 7.80. The lowest BCUT2D eigenvalue weighted by atomic mass is 9.99. The topological polar surface area (TPSA) is 57.6 Å². The summed E-state index contributed by atoms with van der Waals surface area (Å²) in [6, 6.07) is 18.6. The molecule has 2 fully saturated rings. The predicted octanol–water partition coefficient (Wildman–Crippen LogP) is 2.63. The first-order valence-corrected chi connectivity index (χ1v) is 10.4. The Balaban J connectivity index is 1.67. The molecule has 5 heteroatoms. The Morgan fingerprint density at radius 2 is 1.60 bits per heavy atom. The SMILES string of the molecule is O=S(=O)(c1ccccc1)C1C[C@H]2CC[C@H](O)[C@@H]1N2Cc1ccccc1. The number of aliphatic hydroxyl groups is 1. The van der Waals surface area contributed by atoms with Crippen LogP contribution < -0.4 is 0 Å². The Bertz CT molecular complexity index is 823. The van der Waals surface area contributed by atoms with Crippen LogP contribution in [0.2, 0.25) is 0 Å². The quantitative estimate of drug-likeness (QED) is 0.914. The minimum absolute atomic E-state index is 0.220. The second-order valence-corrected chi connectivity index (χ2v) is 9.25. The van der Waals surface area contributed by atoms with Crippen molar-refractivity contribution in [3.05, 3.63) is 66.2 Å². The molecule has 2 aliphatic heterocycles. The molecule has 0 amide bonds. The fourth-order valence-electron chi connectivity index (χ4n) is 4.41. The van der Waals surface area contributed by atoms with Crippen LogP contribution in [0.3, 0.4) is 0 Å². The summed E-state index contributed by atoms with van der Waals surface area (Å²) < 4.78 is 26.4. The summed E-state index contributed by atoms with van der Waals surface area (Å²) in [5.74, 6) is 0. The van der Waals surface area contributed by atoms with E-state index >= 15 is 0 Å². The number of sulfone groups is 1. The highest BCUT2D eigenvalue weighted by Gasteiger charge is 2.52. The van der Waals surface area contributed by atoms with E-state index in [0.717, 1.165) is 12.0 Å². The van der Waals surface area contributed by atoms with Crippen molar-refractivity contribution < 1.29 is 13.5 Å². The second kappa shape index (κ2) is 6.56. The van der Waals surface area contributed by atoms with E-state index < -0.39 is 21.2 Å². The molecular formula is C20H23NO3S. The van der Waals surface area contributed by atoms with Gasteiger partial charge in [-0.2, -0.15) is 0 Å². The van der Waals surface area contributed by atoms with Gasteiger partial charge in [0.05, 0.1) is 22.3 Å². The first kappa shape index (κ1) is 16.8. The Kier molecular flexibility index (Phi) is 4.40. The van der Waals surface area contributed by atoms with E-state index in [9.17, 15) is 13.5 Å². The summed E-state index contributed by atoms with van der Waals surface area (Å²) in [6.45, 7) is 0.689. The molecule has 2 saturated heterocycles. The lowest BCUT2D eigenvalue weighted by Crippen LogP contribution is -2.51. The normalized spacial score (nSPS) is 29.6. The van der Waals surface area contributed by atoms with Crippen molar-refractivity contribution in [3.8, 4) is 0 Å². The number of aliphatic hydroxyl groups excluding tert-OH is 1. The monoisotopic (exact) mass is 357 g/mol. The number of benzene rings is 2. The molecule has 132 valence electrons. The number of fused-ring (bicyclic) bond motifs is 2. The minimum Gasteiger partial charge on any atom is -0.391 e. The van der Waals surface area contributed by atoms with Crippen LogP contribution in [0.25, 0.3) is 0 Å². The zero-order valence-corrected chi connectivity index (χ0v) is 14.8. The van der Waals surface area contributed by atoms with Gasteiger partial charge in [0, 0.05) is 12.6 Å². The molecule has 0 spiro atoms. The highest BCUT2D eigenvalue weighted by molar-refractivity contribution is 7.92. The standard InChI is InChI=1S/C20H23NO3S/c22-18-12-11-16-13-19(25(23,24)17-9-5-2-6-10-17)20(18)21(16)14-15-7-3-1-4-8-15/h1-10,16,18-20,22H,11-14H2/t16-,18+,19?,20+/m1/s1. The molecule has 0 aromatic heterocycles. The Morgan fingerprint density at radius 1 is 0.960 bits per heavy atom. The summed E-state index contributed by atoms with van der Waals surface area (Å²) in [5.41, 5.74) is 1.16. The molecule has 4 nitrogen and oxygen atoms in total. The van der Waals surface area contributed by atoms with Crippen molar-refractivity contribution in [2.75, 3.05) is 0 Å². The van der Waals surface area contributed by atoms with Gasteiger partial charge < -0.3 is 5.11 Å². The third-order valence-electron chi connectivity index (χ3n) is 5.61. The smallest absolute Gasteiger partial charge is 0.182 e. The van der Waals surface area contributed by atoms with Crippen LogP contribution in [-0.4, -0.2) is 41.9 Å². The number of nitrogens with zero attached hydrogens (tertiary/aromatic N) is 1. The fraction of sp³-hybridized carbons (Fsp3) is 0.400. The highest BCUT2D eigenvalue weighted by Crippen LogP contribution is 2.41. The van der Waals surface area contributed by atoms with Crippen LogP contribution in [0.15, 0.2) is 65.6 Å². The maximum atomic E-state index is 13.2. The number of rotatable bonds is 4. The van der Waals surface area contributed by atoms with Gasteiger partial charge in [0.1, 0.15) is 0 Å². The first-order chi connectivity index (χ1) is 12.1. The molecule has 4 rings (SSSR count). The van der Waals surface area contributed by atoms with Crippen LogP contribution in [0.5, 0.6) is 0 Å². The van der Waals surface area contributed by atoms with Gasteiger partial charge in [-0.15, -0.1) is 0 Å². The molecule has 2 aliphatic rings. The molecule has 0 aliphatic carbocycles. The van der Waals surface area contributed by atoms with Gasteiger partial charge in [0.2, 0.25) is 0 Å². The highest BCUT2D eigenvalue weighted by atomic mass is 32.2. The molecule has 0 radical (unpaired) electrons. The van der Waals surface area contributed by atoms with Gasteiger partial charge in [-0.25, -0.2) is 8.42 Å². The van der Waals surface area contributed by atoms with Crippen LogP contribution in [0.4, 0.5) is 0 Å². The van der Waals surface area contributed by atoms with Gasteiger partial charge in [0.15, 0.2) is 9.84 Å². The number of hydrogen-bond donors (Lipinski definition) is 1. The van der Waals surface area contributed by atoms with Crippen molar-refractivity contribution in [2.45, 2.75) is 54.1 Å². The average molecular weight is 357 g/mol. The maximum absolute atomic E-state index is 13.2. The van der Waals surface area contributed by atoms with E-state index in [0.29, 0.717) is 24.3 Å². The van der Waals surface area contributed by atoms with E-state index in [-0.39, 0.29) is 12.1 Å². The molecule has 25 heavy (non-hydrogen) atoms. The summed E-state index contributed by atoms with van der Waals surface area (Å²) >= 11 is 0. The van der Waals surface area contributed by atoms with Crippen molar-refractivity contribution in [3.63, 3.8) is 0 Å². The van der Waals surface area contributed by atoms with E-state index in [4.69, 9.17) is 0 Å². The van der Waals surface area contributed by atoms with Crippen molar-refractivity contribution >= 4 is 9.84 Å². The third kappa shape index (κ3) is 3.01. The van der Waals surface area contributed by atoms with Crippen LogP contribution >= 0.6 is 0 Å². The summed E-state index contributed by atoms with van der Waals surface area (Å²) in [4.78, 5) is 2.58. The molecule has 2 aromatic carbocycles. The average Bonchev–Trinajstić information content (AvgIpc) is 2.90. The lowest BCUT2D eigenvalue weighted by Gasteiger charge is -2.38. The van der Waals surface area contributed by atoms with Crippen LogP contribution in [0, 0.1) is 0 Å². The van der Waals surface area contributed by atoms with E-state index in [2.05, 4.69) is 17.0 Å². The van der Waals surface area contributed by atoms with Gasteiger partial charge in [-0.05, 0) is 37.0 Å².